The Labute approximate surface area is 197 Å². The average Bonchev–Trinajstić information content (AvgIpc) is 3.31. The maximum atomic E-state index is 5.92. The number of guanidine groups is 1. The summed E-state index contributed by atoms with van der Waals surface area (Å²) >= 11 is 0. The van der Waals surface area contributed by atoms with E-state index in [4.69, 9.17) is 4.74 Å². The third kappa shape index (κ3) is 7.75. The van der Waals surface area contributed by atoms with Crippen LogP contribution in [-0.2, 0) is 11.3 Å². The molecule has 1 fully saturated rings. The monoisotopic (exact) mass is 523 g/mol. The summed E-state index contributed by atoms with van der Waals surface area (Å²) in [6.07, 6.45) is 5.45. The summed E-state index contributed by atoms with van der Waals surface area (Å²) in [7, 11) is 1.80. The molecule has 2 heterocycles. The molecule has 1 unspecified atom stereocenters. The SMILES string of the molecule is CN=C(NCCCOC(C)c1ccccc1)NCc1ccnc(N2CCCC2)c1.I. The van der Waals surface area contributed by atoms with Crippen molar-refractivity contribution in [3.05, 3.63) is 59.8 Å². The van der Waals surface area contributed by atoms with E-state index in [0.29, 0.717) is 6.61 Å². The molecule has 1 saturated heterocycles. The van der Waals surface area contributed by atoms with Crippen LogP contribution >= 0.6 is 24.0 Å². The molecular formula is C23H34IN5O. The van der Waals surface area contributed by atoms with Gasteiger partial charge in [0.1, 0.15) is 5.82 Å². The lowest BCUT2D eigenvalue weighted by molar-refractivity contribution is 0.0646. The highest BCUT2D eigenvalue weighted by Crippen LogP contribution is 2.18. The minimum absolute atomic E-state index is 0. The van der Waals surface area contributed by atoms with E-state index < -0.39 is 0 Å². The largest absolute Gasteiger partial charge is 0.374 e. The van der Waals surface area contributed by atoms with E-state index in [0.717, 1.165) is 44.4 Å². The van der Waals surface area contributed by atoms with Crippen LogP contribution in [0, 0.1) is 0 Å². The molecule has 3 rings (SSSR count). The van der Waals surface area contributed by atoms with Gasteiger partial charge in [0.05, 0.1) is 6.10 Å². The second-order valence-electron chi connectivity index (χ2n) is 7.35. The zero-order valence-corrected chi connectivity index (χ0v) is 20.3. The van der Waals surface area contributed by atoms with Gasteiger partial charge in [-0.1, -0.05) is 30.3 Å². The van der Waals surface area contributed by atoms with Crippen molar-refractivity contribution in [1.29, 1.82) is 0 Å². The Kier molecular flexibility index (Phi) is 10.9. The summed E-state index contributed by atoms with van der Waals surface area (Å²) in [6.45, 7) is 6.56. The predicted molar refractivity (Wildman–Crippen MR) is 135 cm³/mol. The van der Waals surface area contributed by atoms with Crippen molar-refractivity contribution < 1.29 is 4.74 Å². The summed E-state index contributed by atoms with van der Waals surface area (Å²) in [5.41, 5.74) is 2.42. The molecule has 7 heteroatoms. The topological polar surface area (TPSA) is 61.8 Å². The van der Waals surface area contributed by atoms with Crippen LogP contribution in [0.25, 0.3) is 0 Å². The Bertz CT molecular complexity index is 765. The number of rotatable bonds is 9. The number of hydrogen-bond donors (Lipinski definition) is 2. The Morgan fingerprint density at radius 1 is 1.17 bits per heavy atom. The van der Waals surface area contributed by atoms with Gasteiger partial charge in [0.15, 0.2) is 5.96 Å². The third-order valence-electron chi connectivity index (χ3n) is 5.17. The van der Waals surface area contributed by atoms with Gasteiger partial charge >= 0.3 is 0 Å². The molecule has 1 aromatic heterocycles. The van der Waals surface area contributed by atoms with Gasteiger partial charge in [-0.2, -0.15) is 0 Å². The second kappa shape index (κ2) is 13.4. The molecule has 1 atom stereocenters. The standard InChI is InChI=1S/C23H33N5O.HI/c1-19(21-9-4-3-5-10-21)29-16-8-12-26-23(24-2)27-18-20-11-13-25-22(17-20)28-14-6-7-15-28;/h3-5,9-11,13,17,19H,6-8,12,14-16,18H2,1-2H3,(H2,24,26,27);1H. The Morgan fingerprint density at radius 2 is 1.93 bits per heavy atom. The number of anilines is 1. The molecule has 2 aromatic rings. The zero-order valence-electron chi connectivity index (χ0n) is 18.0. The number of halogens is 1. The maximum absolute atomic E-state index is 5.92. The van der Waals surface area contributed by atoms with Crippen LogP contribution in [-0.4, -0.2) is 44.2 Å². The van der Waals surface area contributed by atoms with Gasteiger partial charge in [0, 0.05) is 46.0 Å². The first-order valence-electron chi connectivity index (χ1n) is 10.6. The minimum Gasteiger partial charge on any atom is -0.374 e. The van der Waals surface area contributed by atoms with Crippen molar-refractivity contribution in [1.82, 2.24) is 15.6 Å². The highest BCUT2D eigenvalue weighted by Gasteiger charge is 2.13. The Hall–Kier alpha value is -1.87. The van der Waals surface area contributed by atoms with Gasteiger partial charge < -0.3 is 20.3 Å². The minimum atomic E-state index is 0. The van der Waals surface area contributed by atoms with Crippen molar-refractivity contribution in [3.8, 4) is 0 Å². The molecule has 2 N–H and O–H groups in total. The first-order chi connectivity index (χ1) is 14.3. The summed E-state index contributed by atoms with van der Waals surface area (Å²) < 4.78 is 5.92. The summed E-state index contributed by atoms with van der Waals surface area (Å²) in [4.78, 5) is 11.2. The third-order valence-corrected chi connectivity index (χ3v) is 5.17. The summed E-state index contributed by atoms with van der Waals surface area (Å²) in [5, 5.41) is 6.74. The predicted octanol–water partition coefficient (Wildman–Crippen LogP) is 4.13. The lowest BCUT2D eigenvalue weighted by atomic mass is 10.1. The Morgan fingerprint density at radius 3 is 2.67 bits per heavy atom. The van der Waals surface area contributed by atoms with E-state index in [-0.39, 0.29) is 30.1 Å². The molecule has 0 spiro atoms. The smallest absolute Gasteiger partial charge is 0.191 e. The van der Waals surface area contributed by atoms with Crippen LogP contribution in [0.1, 0.15) is 43.4 Å². The van der Waals surface area contributed by atoms with Crippen molar-refractivity contribution in [2.75, 3.05) is 38.2 Å². The number of aromatic nitrogens is 1. The van der Waals surface area contributed by atoms with Crippen molar-refractivity contribution >= 4 is 35.8 Å². The van der Waals surface area contributed by atoms with Crippen LogP contribution in [0.4, 0.5) is 5.82 Å². The Balaban J connectivity index is 0.00000320. The molecule has 0 saturated carbocycles. The van der Waals surface area contributed by atoms with Crippen LogP contribution in [0.5, 0.6) is 0 Å². The van der Waals surface area contributed by atoms with E-state index in [1.165, 1.54) is 24.0 Å². The first-order valence-corrected chi connectivity index (χ1v) is 10.6. The number of nitrogens with one attached hydrogen (secondary N) is 2. The number of aliphatic imine (C=N–C) groups is 1. The fourth-order valence-corrected chi connectivity index (χ4v) is 3.46. The molecule has 1 aromatic carbocycles. The summed E-state index contributed by atoms with van der Waals surface area (Å²) in [5.74, 6) is 1.88. The lowest BCUT2D eigenvalue weighted by Crippen LogP contribution is -2.37. The van der Waals surface area contributed by atoms with E-state index >= 15 is 0 Å². The number of pyridine rings is 1. The van der Waals surface area contributed by atoms with E-state index in [2.05, 4.69) is 56.7 Å². The molecule has 30 heavy (non-hydrogen) atoms. The molecule has 1 aliphatic rings. The molecule has 6 nitrogen and oxygen atoms in total. The maximum Gasteiger partial charge on any atom is 0.191 e. The lowest BCUT2D eigenvalue weighted by Gasteiger charge is -2.17. The van der Waals surface area contributed by atoms with Crippen molar-refractivity contribution in [3.63, 3.8) is 0 Å². The molecule has 0 radical (unpaired) electrons. The van der Waals surface area contributed by atoms with E-state index in [1.54, 1.807) is 7.05 Å². The number of nitrogens with zero attached hydrogens (tertiary/aromatic N) is 3. The molecule has 164 valence electrons. The van der Waals surface area contributed by atoms with Crippen LogP contribution in [0.15, 0.2) is 53.7 Å². The van der Waals surface area contributed by atoms with Gasteiger partial charge in [0.2, 0.25) is 0 Å². The van der Waals surface area contributed by atoms with Gasteiger partial charge in [-0.15, -0.1) is 24.0 Å². The van der Waals surface area contributed by atoms with Crippen molar-refractivity contribution in [2.24, 2.45) is 4.99 Å². The van der Waals surface area contributed by atoms with Gasteiger partial charge in [0.25, 0.3) is 0 Å². The summed E-state index contributed by atoms with van der Waals surface area (Å²) in [6, 6.07) is 14.5. The zero-order chi connectivity index (χ0) is 20.3. The molecule has 0 aliphatic carbocycles. The fourth-order valence-electron chi connectivity index (χ4n) is 3.46. The fraction of sp³-hybridized carbons (Fsp3) is 0.478. The highest BCUT2D eigenvalue weighted by atomic mass is 127. The normalized spacial score (nSPS) is 14.9. The van der Waals surface area contributed by atoms with Crippen LogP contribution < -0.4 is 15.5 Å². The highest BCUT2D eigenvalue weighted by molar-refractivity contribution is 14.0. The van der Waals surface area contributed by atoms with Crippen LogP contribution in [0.2, 0.25) is 0 Å². The number of ether oxygens (including phenoxy) is 1. The molecular weight excluding hydrogens is 489 g/mol. The molecule has 1 aliphatic heterocycles. The van der Waals surface area contributed by atoms with Gasteiger partial charge in [-0.25, -0.2) is 4.98 Å². The van der Waals surface area contributed by atoms with Crippen LogP contribution in [0.3, 0.4) is 0 Å². The molecule has 0 amide bonds. The van der Waals surface area contributed by atoms with Gasteiger partial charge in [-0.3, -0.25) is 4.99 Å². The first kappa shape index (κ1) is 24.4. The van der Waals surface area contributed by atoms with E-state index in [9.17, 15) is 0 Å². The quantitative estimate of drug-likeness (QED) is 0.224. The van der Waals surface area contributed by atoms with Gasteiger partial charge in [-0.05, 0) is 49.4 Å². The van der Waals surface area contributed by atoms with E-state index in [1.807, 2.05) is 24.4 Å². The number of benzene rings is 1. The average molecular weight is 523 g/mol. The van der Waals surface area contributed by atoms with Crippen molar-refractivity contribution in [2.45, 2.75) is 38.8 Å². The molecule has 0 bridgehead atoms. The number of hydrogen-bond acceptors (Lipinski definition) is 4. The second-order valence-corrected chi connectivity index (χ2v) is 7.35.